The monoisotopic (exact) mass is 1240 g/mol. The van der Waals surface area contributed by atoms with Gasteiger partial charge in [-0.3, -0.25) is 52.7 Å². The summed E-state index contributed by atoms with van der Waals surface area (Å²) in [6, 6.07) is -12.4. The largest absolute Gasteiger partial charge is 0.390 e. The molecule has 24 nitrogen and oxygen atoms in total. The second-order valence-corrected chi connectivity index (χ2v) is 26.3. The number of hydrogen-bond donors (Lipinski definition) is 5. The van der Waals surface area contributed by atoms with Crippen LogP contribution in [0, 0.1) is 35.5 Å². The average Bonchev–Trinajstić information content (AvgIpc) is 2.28. The van der Waals surface area contributed by atoms with Crippen molar-refractivity contribution in [1.29, 1.82) is 0 Å². The van der Waals surface area contributed by atoms with Crippen LogP contribution < -0.4 is 21.3 Å². The van der Waals surface area contributed by atoms with E-state index in [9.17, 15) is 48.3 Å². The lowest BCUT2D eigenvalue weighted by Crippen LogP contribution is -2.63. The van der Waals surface area contributed by atoms with Gasteiger partial charge in [0.1, 0.15) is 60.4 Å². The third-order valence-corrected chi connectivity index (χ3v) is 17.0. The second kappa shape index (κ2) is 37.1. The van der Waals surface area contributed by atoms with E-state index in [1.807, 2.05) is 61.5 Å². The molecule has 24 heteroatoms. The number of nitrogens with zero attached hydrogens (tertiary/aromatic N) is 8. The highest BCUT2D eigenvalue weighted by atomic mass is 16.3. The summed E-state index contributed by atoms with van der Waals surface area (Å²) in [6.45, 7) is 31.2. The van der Waals surface area contributed by atoms with Crippen LogP contribution in [-0.2, 0) is 52.7 Å². The minimum atomic E-state index is -1.61. The summed E-state index contributed by atoms with van der Waals surface area (Å²) in [5.41, 5.74) is 0. The Balaban J connectivity index is 4.37. The van der Waals surface area contributed by atoms with Crippen LogP contribution in [-0.4, -0.2) is 251 Å². The second-order valence-electron chi connectivity index (χ2n) is 26.3. The van der Waals surface area contributed by atoms with E-state index in [1.165, 1.54) is 87.7 Å². The SMILES string of the molecule is C/C=C/C[C@@H](C)[C@@H](O)[C@H]1C(=O)N[C@@H](CC)C(=O)N(C)CC(=O)N(C)[C@@H](CCN(CC)CC)C(=O)N[C@@H](C(C)C)C(=O)N(C)[C@@H](CC(C)C)C(=O)N[C@@H](C)C(=O)N[C@H](C)C(=O)N(C)[C@@H](CC(C)C)C(=O)N(C)[C@@H](CC(C)C)C(=O)N(C)[C@@H](C(C)C)C(=O)N1C. The molecular formula is C64H116N12O12. The molecule has 12 atom stereocenters. The van der Waals surface area contributed by atoms with Crippen molar-refractivity contribution >= 4 is 65.0 Å². The first-order valence-electron chi connectivity index (χ1n) is 31.9. The Morgan fingerprint density at radius 3 is 1.42 bits per heavy atom. The third-order valence-electron chi connectivity index (χ3n) is 17.0. The molecule has 0 aromatic carbocycles. The Morgan fingerprint density at radius 2 is 0.955 bits per heavy atom. The van der Waals surface area contributed by atoms with Gasteiger partial charge in [0.2, 0.25) is 65.0 Å². The maximum Gasteiger partial charge on any atom is 0.246 e. The summed E-state index contributed by atoms with van der Waals surface area (Å²) in [5.74, 6) is -9.61. The Hall–Kier alpha value is -6.17. The van der Waals surface area contributed by atoms with Crippen molar-refractivity contribution in [2.75, 3.05) is 75.5 Å². The summed E-state index contributed by atoms with van der Waals surface area (Å²) in [7, 11) is 9.95. The summed E-state index contributed by atoms with van der Waals surface area (Å²) >= 11 is 0. The van der Waals surface area contributed by atoms with Crippen LogP contribution in [0.4, 0.5) is 0 Å². The Morgan fingerprint density at radius 1 is 0.500 bits per heavy atom. The Kier molecular flexibility index (Phi) is 33.7. The van der Waals surface area contributed by atoms with Crippen molar-refractivity contribution in [3.8, 4) is 0 Å². The lowest BCUT2D eigenvalue weighted by molar-refractivity contribution is -0.157. The maximum atomic E-state index is 15.2. The molecule has 1 heterocycles. The lowest BCUT2D eigenvalue weighted by Gasteiger charge is -2.41. The highest BCUT2D eigenvalue weighted by molar-refractivity contribution is 5.99. The highest BCUT2D eigenvalue weighted by Gasteiger charge is 2.45. The van der Waals surface area contributed by atoms with Gasteiger partial charge in [0.05, 0.1) is 12.6 Å². The molecule has 5 N–H and O–H groups in total. The zero-order chi connectivity index (χ0) is 68.1. The summed E-state index contributed by atoms with van der Waals surface area (Å²) in [6.07, 6.45) is 3.01. The van der Waals surface area contributed by atoms with Gasteiger partial charge in [-0.1, -0.05) is 109 Å². The molecule has 1 aliphatic rings. The molecule has 0 aromatic rings. The standard InChI is InChI=1S/C64H116N12O12/c1-25-29-30-42(15)54(78)53-58(82)67-45(26-2)60(84)69(18)36-50(77)70(19)46(31-32-76(27-3)28-4)56(80)68-51(40(11)12)63(87)71(20)47(33-37(5)6)57(81)65-43(16)55(79)66-44(17)59(83)72(21)48(34-38(7)8)61(85)73(22)49(35-39(9)10)62(86)74(23)52(41(13)14)64(88)75(53)24/h25,29,37-49,51-54,78H,26-28,30-36H2,1-24H3,(H,65,81)(H,66,79)(H,67,82)(H,68,80)/b29-25+/t42-,43+,44-,45+,46+,47+,48+,49+,51+,52+,53+,54-/m1/s1. The number of allylic oxidation sites excluding steroid dienone is 2. The molecule has 1 rings (SSSR count). The number of aliphatic hydroxyl groups excluding tert-OH is 1. The van der Waals surface area contributed by atoms with Gasteiger partial charge in [0.25, 0.3) is 0 Å². The molecule has 0 bridgehead atoms. The lowest BCUT2D eigenvalue weighted by atomic mass is 9.91. The molecule has 0 aliphatic carbocycles. The smallest absolute Gasteiger partial charge is 0.246 e. The van der Waals surface area contributed by atoms with Crippen molar-refractivity contribution in [2.24, 2.45) is 35.5 Å². The van der Waals surface area contributed by atoms with E-state index in [2.05, 4.69) is 26.2 Å². The fourth-order valence-corrected chi connectivity index (χ4v) is 11.1. The highest BCUT2D eigenvalue weighted by Crippen LogP contribution is 2.25. The van der Waals surface area contributed by atoms with Crippen LogP contribution in [0.1, 0.15) is 156 Å². The first-order valence-corrected chi connectivity index (χ1v) is 31.9. The van der Waals surface area contributed by atoms with E-state index in [1.54, 1.807) is 54.5 Å². The molecule has 0 spiro atoms. The van der Waals surface area contributed by atoms with Gasteiger partial charge in [-0.2, -0.15) is 0 Å². The first-order chi connectivity index (χ1) is 40.8. The summed E-state index contributed by atoms with van der Waals surface area (Å²) in [4.78, 5) is 172. The quantitative estimate of drug-likeness (QED) is 0.124. The molecule has 11 amide bonds. The van der Waals surface area contributed by atoms with Gasteiger partial charge in [-0.05, 0) is 108 Å². The van der Waals surface area contributed by atoms with E-state index < -0.39 is 156 Å². The molecule has 1 aliphatic heterocycles. The minimum Gasteiger partial charge on any atom is -0.390 e. The summed E-state index contributed by atoms with van der Waals surface area (Å²) < 4.78 is 0. The summed E-state index contributed by atoms with van der Waals surface area (Å²) in [5, 5.41) is 23.2. The van der Waals surface area contributed by atoms with Crippen molar-refractivity contribution < 1.29 is 57.8 Å². The Bertz CT molecular complexity index is 2380. The van der Waals surface area contributed by atoms with Gasteiger partial charge in [0.15, 0.2) is 0 Å². The number of carbonyl (C=O) groups excluding carboxylic acids is 11. The Labute approximate surface area is 527 Å². The number of rotatable bonds is 18. The predicted molar refractivity (Wildman–Crippen MR) is 341 cm³/mol. The zero-order valence-corrected chi connectivity index (χ0v) is 58.1. The molecule has 0 unspecified atom stereocenters. The molecule has 1 fully saturated rings. The fourth-order valence-electron chi connectivity index (χ4n) is 11.1. The van der Waals surface area contributed by atoms with E-state index >= 15 is 9.59 Å². The van der Waals surface area contributed by atoms with E-state index in [4.69, 9.17) is 0 Å². The topological polar surface area (TPSA) is 282 Å². The van der Waals surface area contributed by atoms with E-state index in [-0.39, 0.29) is 49.9 Å². The van der Waals surface area contributed by atoms with E-state index in [0.717, 1.165) is 9.80 Å². The van der Waals surface area contributed by atoms with Crippen molar-refractivity contribution in [3.05, 3.63) is 12.2 Å². The molecule has 0 saturated carbocycles. The number of nitrogens with one attached hydrogen (secondary N) is 4. The molecule has 0 radical (unpaired) electrons. The number of aliphatic hydroxyl groups is 1. The molecule has 1 saturated heterocycles. The zero-order valence-electron chi connectivity index (χ0n) is 58.1. The van der Waals surface area contributed by atoms with Gasteiger partial charge in [-0.25, -0.2) is 0 Å². The number of likely N-dealkylation sites (N-methyl/N-ethyl adjacent to an activating group) is 7. The van der Waals surface area contributed by atoms with Crippen LogP contribution in [0.2, 0.25) is 0 Å². The van der Waals surface area contributed by atoms with Crippen molar-refractivity contribution in [2.45, 2.75) is 223 Å². The molecule has 88 heavy (non-hydrogen) atoms. The average molecular weight is 1250 g/mol. The normalized spacial score (nSPS) is 26.4. The van der Waals surface area contributed by atoms with Gasteiger partial charge in [-0.15, -0.1) is 0 Å². The van der Waals surface area contributed by atoms with Crippen LogP contribution in [0.3, 0.4) is 0 Å². The van der Waals surface area contributed by atoms with Crippen LogP contribution in [0.15, 0.2) is 12.2 Å². The molecular weight excluding hydrogens is 1130 g/mol. The minimum absolute atomic E-state index is 0.0194. The first kappa shape index (κ1) is 79.8. The number of amides is 11. The van der Waals surface area contributed by atoms with Crippen molar-refractivity contribution in [1.82, 2.24) is 60.5 Å². The van der Waals surface area contributed by atoms with Crippen LogP contribution >= 0.6 is 0 Å². The predicted octanol–water partition coefficient (Wildman–Crippen LogP) is 2.95. The maximum absolute atomic E-state index is 15.2. The van der Waals surface area contributed by atoms with Gasteiger partial charge >= 0.3 is 0 Å². The third kappa shape index (κ3) is 22.4. The van der Waals surface area contributed by atoms with Crippen molar-refractivity contribution in [3.63, 3.8) is 0 Å². The van der Waals surface area contributed by atoms with Crippen LogP contribution in [0.5, 0.6) is 0 Å². The molecule has 504 valence electrons. The fraction of sp³-hybridized carbons (Fsp3) is 0.797. The number of hydrogen-bond acceptors (Lipinski definition) is 13. The van der Waals surface area contributed by atoms with Gasteiger partial charge in [0, 0.05) is 55.9 Å². The molecule has 0 aromatic heterocycles. The van der Waals surface area contributed by atoms with E-state index in [0.29, 0.717) is 26.1 Å². The van der Waals surface area contributed by atoms with Crippen LogP contribution in [0.25, 0.3) is 0 Å². The number of carbonyl (C=O) groups is 11. The van der Waals surface area contributed by atoms with Gasteiger partial charge < -0.3 is 65.6 Å².